The SMILES string of the molecule is C=CC(=O)Nc1cc(Nc2ncc(Cl)c(Nc3ccccc3P(C)(C)=O)n2)c(OC)cc1OC1COC1. The first kappa shape index (κ1) is 26.5. The average Bonchev–Trinajstić information content (AvgIpc) is 2.84. The molecule has 2 heterocycles. The minimum Gasteiger partial charge on any atom is -0.494 e. The summed E-state index contributed by atoms with van der Waals surface area (Å²) >= 11 is 6.37. The third-order valence-electron chi connectivity index (χ3n) is 5.37. The molecule has 0 radical (unpaired) electrons. The van der Waals surface area contributed by atoms with Crippen LogP contribution < -0.4 is 30.7 Å². The van der Waals surface area contributed by atoms with Crippen LogP contribution in [0.3, 0.4) is 0 Å². The van der Waals surface area contributed by atoms with Gasteiger partial charge in [0.15, 0.2) is 5.82 Å². The van der Waals surface area contributed by atoms with Crippen LogP contribution in [0.2, 0.25) is 5.02 Å². The predicted molar refractivity (Wildman–Crippen MR) is 146 cm³/mol. The summed E-state index contributed by atoms with van der Waals surface area (Å²) in [5, 5.41) is 9.97. The van der Waals surface area contributed by atoms with Crippen molar-refractivity contribution in [3.63, 3.8) is 0 Å². The van der Waals surface area contributed by atoms with Crippen LogP contribution in [0.15, 0.2) is 55.3 Å². The van der Waals surface area contributed by atoms with Crippen molar-refractivity contribution in [1.82, 2.24) is 9.97 Å². The van der Waals surface area contributed by atoms with E-state index in [9.17, 15) is 9.36 Å². The van der Waals surface area contributed by atoms with Crippen molar-refractivity contribution in [3.8, 4) is 11.5 Å². The Balaban J connectivity index is 1.66. The molecule has 1 saturated heterocycles. The molecule has 0 saturated carbocycles. The second-order valence-electron chi connectivity index (χ2n) is 8.53. The molecule has 2 aromatic carbocycles. The molecule has 1 aliphatic heterocycles. The van der Waals surface area contributed by atoms with E-state index in [1.165, 1.54) is 13.3 Å². The Labute approximate surface area is 219 Å². The molecule has 0 unspecified atom stereocenters. The monoisotopic (exact) mass is 543 g/mol. The van der Waals surface area contributed by atoms with Gasteiger partial charge in [-0.15, -0.1) is 0 Å². The van der Waals surface area contributed by atoms with Gasteiger partial charge in [0.05, 0.1) is 43.6 Å². The zero-order valence-electron chi connectivity index (χ0n) is 20.6. The maximum atomic E-state index is 12.8. The minimum atomic E-state index is -2.56. The van der Waals surface area contributed by atoms with E-state index in [0.29, 0.717) is 52.9 Å². The highest BCUT2D eigenvalue weighted by molar-refractivity contribution is 7.70. The topological polar surface area (TPSA) is 124 Å². The summed E-state index contributed by atoms with van der Waals surface area (Å²) in [7, 11) is -1.05. The van der Waals surface area contributed by atoms with Crippen molar-refractivity contribution >= 4 is 58.8 Å². The van der Waals surface area contributed by atoms with Gasteiger partial charge in [-0.25, -0.2) is 4.98 Å². The number of aromatic nitrogens is 2. The summed E-state index contributed by atoms with van der Waals surface area (Å²) in [4.78, 5) is 20.8. The van der Waals surface area contributed by atoms with Crippen LogP contribution in [0.5, 0.6) is 11.5 Å². The van der Waals surface area contributed by atoms with Crippen LogP contribution in [0.4, 0.5) is 28.8 Å². The number of amides is 1. The number of nitrogens with zero attached hydrogens (tertiary/aromatic N) is 2. The Morgan fingerprint density at radius 2 is 1.92 bits per heavy atom. The standard InChI is InChI=1S/C25H27ClN5O5P/c1-5-23(32)28-19-10-18(20(34-2)11-21(19)36-15-13-35-14-15)30-25-27-12-16(26)24(31-25)29-17-8-6-7-9-22(17)37(3,4)33/h5-12,15H,1,13-14H2,2-4H3,(H,28,32)(H2,27,29,30,31). The third-order valence-corrected chi connectivity index (χ3v) is 7.20. The molecule has 12 heteroatoms. The second kappa shape index (κ2) is 11.2. The summed E-state index contributed by atoms with van der Waals surface area (Å²) in [6, 6.07) is 10.6. The molecule has 10 nitrogen and oxygen atoms in total. The Morgan fingerprint density at radius 3 is 2.57 bits per heavy atom. The number of rotatable bonds is 10. The van der Waals surface area contributed by atoms with E-state index in [2.05, 4.69) is 32.5 Å². The van der Waals surface area contributed by atoms with Crippen molar-refractivity contribution in [2.24, 2.45) is 0 Å². The summed E-state index contributed by atoms with van der Waals surface area (Å²) < 4.78 is 29.4. The number of ether oxygens (including phenoxy) is 3. The number of carbonyl (C=O) groups is 1. The molecule has 194 valence electrons. The van der Waals surface area contributed by atoms with Gasteiger partial charge in [-0.05, 0) is 37.6 Å². The second-order valence-corrected chi connectivity index (χ2v) is 12.1. The van der Waals surface area contributed by atoms with Crippen molar-refractivity contribution in [2.45, 2.75) is 6.10 Å². The Kier molecular flexibility index (Phi) is 8.02. The Hall–Kier alpha value is -3.59. The molecule has 1 amide bonds. The number of methoxy groups -OCH3 is 1. The van der Waals surface area contributed by atoms with Crippen LogP contribution in [0.1, 0.15) is 0 Å². The lowest BCUT2D eigenvalue weighted by Crippen LogP contribution is -2.38. The smallest absolute Gasteiger partial charge is 0.247 e. The number of para-hydroxylation sites is 1. The maximum Gasteiger partial charge on any atom is 0.247 e. The van der Waals surface area contributed by atoms with Crippen molar-refractivity contribution in [3.05, 3.63) is 60.3 Å². The van der Waals surface area contributed by atoms with Crippen LogP contribution in [0, 0.1) is 0 Å². The highest BCUT2D eigenvalue weighted by Gasteiger charge is 2.24. The highest BCUT2D eigenvalue weighted by Crippen LogP contribution is 2.40. The number of anilines is 5. The molecule has 3 N–H and O–H groups in total. The first-order valence-corrected chi connectivity index (χ1v) is 14.3. The fraction of sp³-hybridized carbons (Fsp3) is 0.240. The maximum absolute atomic E-state index is 12.8. The molecule has 0 atom stereocenters. The molecule has 1 aliphatic rings. The van der Waals surface area contributed by atoms with Crippen molar-refractivity contribution in [1.29, 1.82) is 0 Å². The minimum absolute atomic E-state index is 0.124. The highest BCUT2D eigenvalue weighted by atomic mass is 35.5. The number of nitrogens with one attached hydrogen (secondary N) is 3. The Morgan fingerprint density at radius 1 is 1.16 bits per heavy atom. The number of hydrogen-bond donors (Lipinski definition) is 3. The van der Waals surface area contributed by atoms with E-state index < -0.39 is 13.0 Å². The van der Waals surface area contributed by atoms with Gasteiger partial charge in [0.1, 0.15) is 29.8 Å². The van der Waals surface area contributed by atoms with E-state index in [4.69, 9.17) is 25.8 Å². The van der Waals surface area contributed by atoms with Crippen molar-refractivity contribution < 1.29 is 23.6 Å². The molecule has 1 aromatic heterocycles. The summed E-state index contributed by atoms with van der Waals surface area (Å²) in [5.41, 5.74) is 1.51. The van der Waals surface area contributed by atoms with Gasteiger partial charge >= 0.3 is 0 Å². The number of benzene rings is 2. The fourth-order valence-electron chi connectivity index (χ4n) is 3.48. The van der Waals surface area contributed by atoms with Crippen LogP contribution in [-0.2, 0) is 14.1 Å². The molecule has 4 rings (SSSR count). The molecular weight excluding hydrogens is 517 g/mol. The van der Waals surface area contributed by atoms with Gasteiger partial charge in [-0.1, -0.05) is 30.3 Å². The largest absolute Gasteiger partial charge is 0.494 e. The number of hydrogen-bond acceptors (Lipinski definition) is 9. The molecule has 1 fully saturated rings. The number of halogens is 1. The first-order valence-electron chi connectivity index (χ1n) is 11.3. The summed E-state index contributed by atoms with van der Waals surface area (Å²) in [6.07, 6.45) is 2.48. The van der Waals surface area contributed by atoms with E-state index in [-0.39, 0.29) is 17.1 Å². The molecule has 0 aliphatic carbocycles. The zero-order valence-corrected chi connectivity index (χ0v) is 22.2. The van der Waals surface area contributed by atoms with Gasteiger partial charge in [-0.3, -0.25) is 4.79 Å². The quantitative estimate of drug-likeness (QED) is 0.245. The normalized spacial score (nSPS) is 13.3. The lowest BCUT2D eigenvalue weighted by molar-refractivity contribution is -0.111. The van der Waals surface area contributed by atoms with Crippen LogP contribution in [-0.4, -0.2) is 55.6 Å². The van der Waals surface area contributed by atoms with Gasteiger partial charge < -0.3 is 34.7 Å². The molecule has 0 spiro atoms. The van der Waals surface area contributed by atoms with Crippen LogP contribution in [0.25, 0.3) is 0 Å². The van der Waals surface area contributed by atoms with E-state index in [1.807, 2.05) is 18.2 Å². The third kappa shape index (κ3) is 6.40. The number of carbonyl (C=O) groups excluding carboxylic acids is 1. The fourth-order valence-corrected chi connectivity index (χ4v) is 4.77. The first-order chi connectivity index (χ1) is 17.7. The van der Waals surface area contributed by atoms with Gasteiger partial charge in [0.25, 0.3) is 0 Å². The lowest BCUT2D eigenvalue weighted by atomic mass is 10.2. The van der Waals surface area contributed by atoms with E-state index in [1.54, 1.807) is 31.5 Å². The Bertz CT molecular complexity index is 1380. The average molecular weight is 544 g/mol. The van der Waals surface area contributed by atoms with E-state index >= 15 is 0 Å². The summed E-state index contributed by atoms with van der Waals surface area (Å²) in [6.45, 7) is 7.81. The predicted octanol–water partition coefficient (Wildman–Crippen LogP) is 4.78. The lowest BCUT2D eigenvalue weighted by Gasteiger charge is -2.28. The molecule has 37 heavy (non-hydrogen) atoms. The van der Waals surface area contributed by atoms with Gasteiger partial charge in [0.2, 0.25) is 11.9 Å². The zero-order chi connectivity index (χ0) is 26.6. The van der Waals surface area contributed by atoms with Crippen LogP contribution >= 0.6 is 18.7 Å². The summed E-state index contributed by atoms with van der Waals surface area (Å²) in [5.74, 6) is 0.988. The van der Waals surface area contributed by atoms with E-state index in [0.717, 1.165) is 6.08 Å². The molecular formula is C25H27ClN5O5P. The molecule has 3 aromatic rings. The van der Waals surface area contributed by atoms with Gasteiger partial charge in [0, 0.05) is 11.4 Å². The van der Waals surface area contributed by atoms with Crippen molar-refractivity contribution in [2.75, 3.05) is 49.6 Å². The van der Waals surface area contributed by atoms with Gasteiger partial charge in [-0.2, -0.15) is 4.98 Å². The molecule has 0 bridgehead atoms.